The molecule has 1 aliphatic heterocycles. The molecule has 0 spiro atoms. The minimum absolute atomic E-state index is 0.583. The van der Waals surface area contributed by atoms with Crippen LogP contribution >= 0.6 is 0 Å². The molecule has 2 rings (SSSR count). The quantitative estimate of drug-likeness (QED) is 0.862. The molecule has 1 aromatic carbocycles. The number of benzene rings is 1. The zero-order valence-corrected chi connectivity index (χ0v) is 11.5. The number of aryl methyl sites for hydroxylation is 2. The first-order valence-corrected chi connectivity index (χ1v) is 6.64. The van der Waals surface area contributed by atoms with Crippen molar-refractivity contribution in [3.05, 3.63) is 29.3 Å². The molecule has 0 bridgehead atoms. The van der Waals surface area contributed by atoms with Crippen LogP contribution in [-0.4, -0.2) is 25.2 Å². The summed E-state index contributed by atoms with van der Waals surface area (Å²) in [5.74, 6) is 0. The van der Waals surface area contributed by atoms with Gasteiger partial charge in [-0.3, -0.25) is 0 Å². The smallest absolute Gasteiger partial charge is 0.0372 e. The van der Waals surface area contributed by atoms with E-state index in [0.29, 0.717) is 12.1 Å². The van der Waals surface area contributed by atoms with E-state index in [1.807, 2.05) is 0 Å². The van der Waals surface area contributed by atoms with Crippen molar-refractivity contribution in [3.8, 4) is 0 Å². The molecule has 1 fully saturated rings. The van der Waals surface area contributed by atoms with Gasteiger partial charge in [-0.1, -0.05) is 19.9 Å². The van der Waals surface area contributed by atoms with E-state index < -0.39 is 0 Å². The van der Waals surface area contributed by atoms with Gasteiger partial charge in [0.1, 0.15) is 0 Å². The minimum Gasteiger partial charge on any atom is -0.370 e. The second-order valence-corrected chi connectivity index (χ2v) is 5.60. The van der Waals surface area contributed by atoms with Crippen molar-refractivity contribution in [2.45, 2.75) is 46.2 Å². The Kier molecular flexibility index (Phi) is 3.72. The van der Waals surface area contributed by atoms with Gasteiger partial charge >= 0.3 is 0 Å². The van der Waals surface area contributed by atoms with Crippen molar-refractivity contribution in [1.29, 1.82) is 0 Å². The molecule has 0 saturated carbocycles. The Balaban J connectivity index is 2.04. The summed E-state index contributed by atoms with van der Waals surface area (Å²) >= 11 is 0. The first-order valence-electron chi connectivity index (χ1n) is 6.64. The Morgan fingerprint density at radius 2 is 1.82 bits per heavy atom. The number of anilines is 1. The molecular weight excluding hydrogens is 208 g/mol. The molecule has 2 heteroatoms. The topological polar surface area (TPSA) is 15.3 Å². The van der Waals surface area contributed by atoms with Crippen molar-refractivity contribution >= 4 is 5.69 Å². The van der Waals surface area contributed by atoms with Gasteiger partial charge in [0.25, 0.3) is 0 Å². The molecular formula is C15H24N2. The summed E-state index contributed by atoms with van der Waals surface area (Å²) in [6, 6.07) is 8.06. The van der Waals surface area contributed by atoms with Gasteiger partial charge in [-0.25, -0.2) is 0 Å². The van der Waals surface area contributed by atoms with E-state index in [1.165, 1.54) is 29.8 Å². The van der Waals surface area contributed by atoms with Crippen molar-refractivity contribution in [2.75, 3.05) is 18.0 Å². The number of nitrogens with zero attached hydrogens (tertiary/aromatic N) is 1. The van der Waals surface area contributed by atoms with Crippen LogP contribution in [0.2, 0.25) is 0 Å². The summed E-state index contributed by atoms with van der Waals surface area (Å²) in [7, 11) is 0. The Morgan fingerprint density at radius 1 is 1.18 bits per heavy atom. The highest BCUT2D eigenvalue weighted by molar-refractivity contribution is 5.51. The van der Waals surface area contributed by atoms with Gasteiger partial charge in [0.15, 0.2) is 0 Å². The fraction of sp³-hybridized carbons (Fsp3) is 0.600. The maximum atomic E-state index is 3.63. The highest BCUT2D eigenvalue weighted by Gasteiger charge is 2.22. The third-order valence-electron chi connectivity index (χ3n) is 3.33. The molecule has 1 heterocycles. The van der Waals surface area contributed by atoms with Crippen LogP contribution < -0.4 is 10.2 Å². The number of hydrogen-bond donors (Lipinski definition) is 1. The minimum atomic E-state index is 0.583. The number of nitrogens with one attached hydrogen (secondary N) is 1. The Bertz CT molecular complexity index is 364. The van der Waals surface area contributed by atoms with Crippen LogP contribution in [0.4, 0.5) is 5.69 Å². The van der Waals surface area contributed by atoms with Gasteiger partial charge in [-0.05, 0) is 43.5 Å². The van der Waals surface area contributed by atoms with Crippen LogP contribution in [0.5, 0.6) is 0 Å². The highest BCUT2D eigenvalue weighted by atomic mass is 15.2. The first-order chi connectivity index (χ1) is 8.04. The molecule has 0 radical (unpaired) electrons. The lowest BCUT2D eigenvalue weighted by atomic mass is 10.1. The summed E-state index contributed by atoms with van der Waals surface area (Å²) in [5, 5.41) is 3.63. The van der Waals surface area contributed by atoms with Crippen molar-refractivity contribution in [2.24, 2.45) is 0 Å². The average Bonchev–Trinajstić information content (AvgIpc) is 2.63. The summed E-state index contributed by atoms with van der Waals surface area (Å²) < 4.78 is 0. The summed E-state index contributed by atoms with van der Waals surface area (Å²) in [6.07, 6.45) is 1.26. The van der Waals surface area contributed by atoms with Crippen LogP contribution in [0, 0.1) is 13.8 Å². The molecule has 17 heavy (non-hydrogen) atoms. The molecule has 0 aromatic heterocycles. The van der Waals surface area contributed by atoms with Crippen molar-refractivity contribution < 1.29 is 0 Å². The maximum absolute atomic E-state index is 3.63. The van der Waals surface area contributed by atoms with Crippen LogP contribution in [-0.2, 0) is 0 Å². The van der Waals surface area contributed by atoms with Gasteiger partial charge in [0.05, 0.1) is 0 Å². The molecule has 1 saturated heterocycles. The van der Waals surface area contributed by atoms with E-state index >= 15 is 0 Å². The largest absolute Gasteiger partial charge is 0.370 e. The summed E-state index contributed by atoms with van der Waals surface area (Å²) in [5.41, 5.74) is 4.11. The molecule has 0 aliphatic carbocycles. The predicted octanol–water partition coefficient (Wildman–Crippen LogP) is 2.88. The lowest BCUT2D eigenvalue weighted by molar-refractivity contribution is 0.492. The van der Waals surface area contributed by atoms with Crippen LogP contribution in [0.25, 0.3) is 0 Å². The van der Waals surface area contributed by atoms with Crippen LogP contribution in [0.3, 0.4) is 0 Å². The Labute approximate surface area is 105 Å². The summed E-state index contributed by atoms with van der Waals surface area (Å²) in [6.45, 7) is 11.1. The Morgan fingerprint density at radius 3 is 2.41 bits per heavy atom. The zero-order valence-electron chi connectivity index (χ0n) is 11.5. The SMILES string of the molecule is Cc1cc(C)cc(N2CCC(NC(C)C)C2)c1. The predicted molar refractivity (Wildman–Crippen MR) is 74.8 cm³/mol. The third kappa shape index (κ3) is 3.22. The molecule has 1 aromatic rings. The molecule has 94 valence electrons. The van der Waals surface area contributed by atoms with E-state index in [-0.39, 0.29) is 0 Å². The normalized spacial score (nSPS) is 20.3. The van der Waals surface area contributed by atoms with Gasteiger partial charge < -0.3 is 10.2 Å². The zero-order chi connectivity index (χ0) is 12.4. The van der Waals surface area contributed by atoms with Gasteiger partial charge in [0, 0.05) is 30.9 Å². The molecule has 1 aliphatic rings. The fourth-order valence-corrected chi connectivity index (χ4v) is 2.74. The van der Waals surface area contributed by atoms with Gasteiger partial charge in [-0.2, -0.15) is 0 Å². The lowest BCUT2D eigenvalue weighted by Crippen LogP contribution is -2.37. The maximum Gasteiger partial charge on any atom is 0.0372 e. The average molecular weight is 232 g/mol. The first kappa shape index (κ1) is 12.4. The third-order valence-corrected chi connectivity index (χ3v) is 3.33. The van der Waals surface area contributed by atoms with E-state index in [1.54, 1.807) is 0 Å². The number of rotatable bonds is 3. The standard InChI is InChI=1S/C15H24N2/c1-11(2)16-14-5-6-17(10-14)15-8-12(3)7-13(4)9-15/h7-9,11,14,16H,5-6,10H2,1-4H3. The van der Waals surface area contributed by atoms with Gasteiger partial charge in [-0.15, -0.1) is 0 Å². The highest BCUT2D eigenvalue weighted by Crippen LogP contribution is 2.23. The van der Waals surface area contributed by atoms with Gasteiger partial charge in [0.2, 0.25) is 0 Å². The molecule has 2 nitrogen and oxygen atoms in total. The molecule has 0 amide bonds. The van der Waals surface area contributed by atoms with Crippen LogP contribution in [0.15, 0.2) is 18.2 Å². The number of hydrogen-bond acceptors (Lipinski definition) is 2. The van der Waals surface area contributed by atoms with Crippen molar-refractivity contribution in [3.63, 3.8) is 0 Å². The van der Waals surface area contributed by atoms with E-state index in [9.17, 15) is 0 Å². The van der Waals surface area contributed by atoms with Crippen LogP contribution in [0.1, 0.15) is 31.4 Å². The van der Waals surface area contributed by atoms with Crippen molar-refractivity contribution in [1.82, 2.24) is 5.32 Å². The fourth-order valence-electron chi connectivity index (χ4n) is 2.74. The molecule has 1 unspecified atom stereocenters. The lowest BCUT2D eigenvalue weighted by Gasteiger charge is -2.21. The second-order valence-electron chi connectivity index (χ2n) is 5.60. The Hall–Kier alpha value is -1.02. The second kappa shape index (κ2) is 5.09. The van der Waals surface area contributed by atoms with E-state index in [0.717, 1.165) is 6.54 Å². The molecule has 1 N–H and O–H groups in total. The summed E-state index contributed by atoms with van der Waals surface area (Å²) in [4.78, 5) is 2.50. The van der Waals surface area contributed by atoms with E-state index in [4.69, 9.17) is 0 Å². The monoisotopic (exact) mass is 232 g/mol. The van der Waals surface area contributed by atoms with E-state index in [2.05, 4.69) is 56.1 Å². The molecule has 1 atom stereocenters.